The van der Waals surface area contributed by atoms with E-state index in [1.807, 2.05) is 48.8 Å². The summed E-state index contributed by atoms with van der Waals surface area (Å²) in [5.41, 5.74) is 9.47. The number of para-hydroxylation sites is 2. The number of hydrogen-bond acceptors (Lipinski definition) is 3. The fourth-order valence-corrected chi connectivity index (χ4v) is 2.32. The first-order chi connectivity index (χ1) is 9.78. The molecule has 0 saturated heterocycles. The number of ether oxygens (including phenoxy) is 1. The average Bonchev–Trinajstić information content (AvgIpc) is 2.91. The Balaban J connectivity index is 1.82. The molecule has 3 aromatic rings. The van der Waals surface area contributed by atoms with E-state index >= 15 is 0 Å². The molecule has 0 saturated carbocycles. The molecule has 0 aliphatic carbocycles. The van der Waals surface area contributed by atoms with Crippen molar-refractivity contribution in [3.8, 4) is 5.75 Å². The lowest BCUT2D eigenvalue weighted by Gasteiger charge is -2.14. The minimum Gasteiger partial charge on any atom is -0.497 e. The number of hydrogen-bond donors (Lipinski definition) is 1. The van der Waals surface area contributed by atoms with Crippen LogP contribution in [0.15, 0.2) is 54.9 Å². The quantitative estimate of drug-likeness (QED) is 0.790. The first-order valence-electron chi connectivity index (χ1n) is 6.57. The zero-order valence-electron chi connectivity index (χ0n) is 11.4. The van der Waals surface area contributed by atoms with E-state index in [0.717, 1.165) is 22.3 Å². The monoisotopic (exact) mass is 267 g/mol. The van der Waals surface area contributed by atoms with Crippen LogP contribution < -0.4 is 10.5 Å². The zero-order chi connectivity index (χ0) is 13.9. The average molecular weight is 267 g/mol. The summed E-state index contributed by atoms with van der Waals surface area (Å²) in [6.45, 7) is 0.701. The Kier molecular flexibility index (Phi) is 3.39. The molecular weight excluding hydrogens is 250 g/mol. The summed E-state index contributed by atoms with van der Waals surface area (Å²) in [6, 6.07) is 15.9. The SMILES string of the molecule is COc1ccc(C(N)Cn2cnc3ccccc32)cc1. The number of rotatable bonds is 4. The van der Waals surface area contributed by atoms with Crippen LogP contribution in [0.4, 0.5) is 0 Å². The van der Waals surface area contributed by atoms with Crippen LogP contribution in [0.5, 0.6) is 5.75 Å². The molecule has 4 heteroatoms. The van der Waals surface area contributed by atoms with E-state index in [9.17, 15) is 0 Å². The largest absolute Gasteiger partial charge is 0.497 e. The summed E-state index contributed by atoms with van der Waals surface area (Å²) >= 11 is 0. The van der Waals surface area contributed by atoms with Crippen molar-refractivity contribution in [1.29, 1.82) is 0 Å². The molecule has 4 nitrogen and oxygen atoms in total. The van der Waals surface area contributed by atoms with Crippen LogP contribution in [-0.2, 0) is 6.54 Å². The van der Waals surface area contributed by atoms with E-state index in [1.54, 1.807) is 7.11 Å². The highest BCUT2D eigenvalue weighted by Crippen LogP contribution is 2.19. The van der Waals surface area contributed by atoms with E-state index in [0.29, 0.717) is 6.54 Å². The number of aromatic nitrogens is 2. The second-order valence-electron chi connectivity index (χ2n) is 4.77. The first-order valence-corrected chi connectivity index (χ1v) is 6.57. The van der Waals surface area contributed by atoms with E-state index in [-0.39, 0.29) is 6.04 Å². The highest BCUT2D eigenvalue weighted by molar-refractivity contribution is 5.74. The maximum absolute atomic E-state index is 6.28. The molecule has 102 valence electrons. The molecule has 0 aliphatic rings. The Labute approximate surface area is 117 Å². The molecule has 1 aromatic heterocycles. The van der Waals surface area contributed by atoms with Crippen LogP contribution >= 0.6 is 0 Å². The van der Waals surface area contributed by atoms with Gasteiger partial charge in [0.25, 0.3) is 0 Å². The molecule has 0 fully saturated rings. The minimum absolute atomic E-state index is 0.0708. The van der Waals surface area contributed by atoms with Crippen LogP contribution in [0.1, 0.15) is 11.6 Å². The highest BCUT2D eigenvalue weighted by atomic mass is 16.5. The van der Waals surface area contributed by atoms with Gasteiger partial charge in [-0.2, -0.15) is 0 Å². The number of nitrogens with zero attached hydrogens (tertiary/aromatic N) is 2. The summed E-state index contributed by atoms with van der Waals surface area (Å²) < 4.78 is 7.24. The lowest BCUT2D eigenvalue weighted by Crippen LogP contribution is -2.17. The third-order valence-electron chi connectivity index (χ3n) is 3.46. The molecule has 0 bridgehead atoms. The van der Waals surface area contributed by atoms with Gasteiger partial charge in [0.2, 0.25) is 0 Å². The van der Waals surface area contributed by atoms with Crippen molar-refractivity contribution in [2.45, 2.75) is 12.6 Å². The summed E-state index contributed by atoms with van der Waals surface area (Å²) in [5.74, 6) is 0.842. The number of benzene rings is 2. The summed E-state index contributed by atoms with van der Waals surface area (Å²) in [4.78, 5) is 4.38. The molecule has 20 heavy (non-hydrogen) atoms. The summed E-state index contributed by atoms with van der Waals surface area (Å²) in [5, 5.41) is 0. The van der Waals surface area contributed by atoms with Crippen molar-refractivity contribution < 1.29 is 4.74 Å². The number of nitrogens with two attached hydrogens (primary N) is 1. The van der Waals surface area contributed by atoms with Gasteiger partial charge in [-0.3, -0.25) is 0 Å². The topological polar surface area (TPSA) is 53.1 Å². The molecular formula is C16H17N3O. The second-order valence-corrected chi connectivity index (χ2v) is 4.77. The van der Waals surface area contributed by atoms with Crippen molar-refractivity contribution in [2.24, 2.45) is 5.73 Å². The third-order valence-corrected chi connectivity index (χ3v) is 3.46. The summed E-state index contributed by atoms with van der Waals surface area (Å²) in [6.07, 6.45) is 1.84. The lowest BCUT2D eigenvalue weighted by molar-refractivity contribution is 0.414. The fourth-order valence-electron chi connectivity index (χ4n) is 2.32. The van der Waals surface area contributed by atoms with Gasteiger partial charge in [-0.25, -0.2) is 4.98 Å². The van der Waals surface area contributed by atoms with Crippen LogP contribution in [0.25, 0.3) is 11.0 Å². The van der Waals surface area contributed by atoms with E-state index in [1.165, 1.54) is 0 Å². The Morgan fingerprint density at radius 2 is 1.90 bits per heavy atom. The van der Waals surface area contributed by atoms with E-state index in [2.05, 4.69) is 15.6 Å². The molecule has 2 N–H and O–H groups in total. The van der Waals surface area contributed by atoms with Crippen molar-refractivity contribution in [2.75, 3.05) is 7.11 Å². The minimum atomic E-state index is -0.0708. The van der Waals surface area contributed by atoms with E-state index < -0.39 is 0 Å². The smallest absolute Gasteiger partial charge is 0.118 e. The predicted octanol–water partition coefficient (Wildman–Crippen LogP) is 2.74. The standard InChI is InChI=1S/C16H17N3O/c1-20-13-8-6-12(7-9-13)14(17)10-19-11-18-15-4-2-3-5-16(15)19/h2-9,11,14H,10,17H2,1H3. The van der Waals surface area contributed by atoms with Gasteiger partial charge in [-0.1, -0.05) is 24.3 Å². The van der Waals surface area contributed by atoms with Crippen molar-refractivity contribution in [3.63, 3.8) is 0 Å². The molecule has 0 aliphatic heterocycles. The number of imidazole rings is 1. The van der Waals surface area contributed by atoms with Crippen LogP contribution in [0.2, 0.25) is 0 Å². The first kappa shape index (κ1) is 12.7. The van der Waals surface area contributed by atoms with E-state index in [4.69, 9.17) is 10.5 Å². The fraction of sp³-hybridized carbons (Fsp3) is 0.188. The Morgan fingerprint density at radius 3 is 2.65 bits per heavy atom. The van der Waals surface area contributed by atoms with Gasteiger partial charge >= 0.3 is 0 Å². The second kappa shape index (κ2) is 5.35. The highest BCUT2D eigenvalue weighted by Gasteiger charge is 2.09. The molecule has 0 spiro atoms. The molecule has 0 radical (unpaired) electrons. The number of fused-ring (bicyclic) bond motifs is 1. The van der Waals surface area contributed by atoms with Gasteiger partial charge in [0.1, 0.15) is 5.75 Å². The van der Waals surface area contributed by atoms with Crippen LogP contribution in [-0.4, -0.2) is 16.7 Å². The predicted molar refractivity (Wildman–Crippen MR) is 79.7 cm³/mol. The molecule has 1 unspecified atom stereocenters. The Morgan fingerprint density at radius 1 is 1.15 bits per heavy atom. The van der Waals surface area contributed by atoms with Gasteiger partial charge in [-0.05, 0) is 29.8 Å². The normalized spacial score (nSPS) is 12.5. The third kappa shape index (κ3) is 2.38. The maximum Gasteiger partial charge on any atom is 0.118 e. The molecule has 2 aromatic carbocycles. The van der Waals surface area contributed by atoms with Crippen LogP contribution in [0.3, 0.4) is 0 Å². The lowest BCUT2D eigenvalue weighted by atomic mass is 10.1. The zero-order valence-corrected chi connectivity index (χ0v) is 11.4. The van der Waals surface area contributed by atoms with Crippen molar-refractivity contribution in [3.05, 3.63) is 60.4 Å². The summed E-state index contributed by atoms with van der Waals surface area (Å²) in [7, 11) is 1.66. The molecule has 0 amide bonds. The van der Waals surface area contributed by atoms with Gasteiger partial charge < -0.3 is 15.0 Å². The molecule has 1 atom stereocenters. The van der Waals surface area contributed by atoms with Gasteiger partial charge in [0, 0.05) is 12.6 Å². The van der Waals surface area contributed by atoms with Gasteiger partial charge in [-0.15, -0.1) is 0 Å². The van der Waals surface area contributed by atoms with Crippen LogP contribution in [0, 0.1) is 0 Å². The van der Waals surface area contributed by atoms with Crippen molar-refractivity contribution in [1.82, 2.24) is 9.55 Å². The van der Waals surface area contributed by atoms with Gasteiger partial charge in [0.15, 0.2) is 0 Å². The van der Waals surface area contributed by atoms with Crippen molar-refractivity contribution >= 4 is 11.0 Å². The molecule has 3 rings (SSSR count). The Hall–Kier alpha value is -2.33. The number of methoxy groups -OCH3 is 1. The molecule has 1 heterocycles. The maximum atomic E-state index is 6.28. The van der Waals surface area contributed by atoms with Gasteiger partial charge in [0.05, 0.1) is 24.5 Å². The Bertz CT molecular complexity index is 703.